The van der Waals surface area contributed by atoms with E-state index in [2.05, 4.69) is 10.1 Å². The Morgan fingerprint density at radius 3 is 2.53 bits per heavy atom. The Morgan fingerprint density at radius 2 is 1.89 bits per heavy atom. The zero-order chi connectivity index (χ0) is 13.9. The minimum absolute atomic E-state index is 0.0673. The molecule has 2 rings (SSSR count). The van der Waals surface area contributed by atoms with E-state index in [0.29, 0.717) is 5.56 Å². The van der Waals surface area contributed by atoms with Crippen LogP contribution in [0, 0.1) is 0 Å². The first kappa shape index (κ1) is 13.5. The lowest BCUT2D eigenvalue weighted by Crippen LogP contribution is -2.09. The van der Waals surface area contributed by atoms with Crippen molar-refractivity contribution in [3.63, 3.8) is 0 Å². The molecule has 1 N–H and O–H groups in total. The van der Waals surface area contributed by atoms with Gasteiger partial charge in [0.15, 0.2) is 11.9 Å². The molecule has 102 valence electrons. The van der Waals surface area contributed by atoms with Crippen molar-refractivity contribution in [1.29, 1.82) is 0 Å². The summed E-state index contributed by atoms with van der Waals surface area (Å²) in [5.74, 6) is -0.175. The van der Waals surface area contributed by atoms with Crippen molar-refractivity contribution in [3.8, 4) is 0 Å². The lowest BCUT2D eigenvalue weighted by atomic mass is 10.1. The lowest BCUT2D eigenvalue weighted by Gasteiger charge is -2.04. The van der Waals surface area contributed by atoms with Gasteiger partial charge in [-0.15, -0.1) is 0 Å². The fourth-order valence-corrected chi connectivity index (χ4v) is 1.51. The van der Waals surface area contributed by atoms with E-state index >= 15 is 0 Å². The first-order valence-corrected chi connectivity index (χ1v) is 5.58. The largest absolute Gasteiger partial charge is 0.389 e. The van der Waals surface area contributed by atoms with Crippen LogP contribution in [-0.4, -0.2) is 21.4 Å². The Morgan fingerprint density at radius 1 is 1.21 bits per heavy atom. The van der Waals surface area contributed by atoms with Crippen molar-refractivity contribution in [3.05, 3.63) is 47.6 Å². The smallest absolute Gasteiger partial charge is 0.378 e. The van der Waals surface area contributed by atoms with Gasteiger partial charge in [0.2, 0.25) is 0 Å². The molecule has 0 radical (unpaired) electrons. The van der Waals surface area contributed by atoms with Crippen LogP contribution in [0.25, 0.3) is 0 Å². The average Bonchev–Trinajstić information content (AvgIpc) is 2.84. The van der Waals surface area contributed by atoms with Gasteiger partial charge in [-0.05, 0) is 5.56 Å². The fourth-order valence-electron chi connectivity index (χ4n) is 1.51. The summed E-state index contributed by atoms with van der Waals surface area (Å²) in [7, 11) is 0. The highest BCUT2D eigenvalue weighted by Crippen LogP contribution is 2.23. The number of nitrogens with zero attached hydrogens (tertiary/aromatic N) is 2. The molecule has 7 heteroatoms. The van der Waals surface area contributed by atoms with E-state index in [1.54, 1.807) is 30.3 Å². The first-order chi connectivity index (χ1) is 8.96. The summed E-state index contributed by atoms with van der Waals surface area (Å²) in [6.07, 6.45) is -6.78. The number of hydrogen-bond acceptors (Lipinski definition) is 4. The molecule has 1 unspecified atom stereocenters. The van der Waals surface area contributed by atoms with Gasteiger partial charge in [-0.2, -0.15) is 18.2 Å². The summed E-state index contributed by atoms with van der Waals surface area (Å²) >= 11 is 0. The molecule has 0 aliphatic heterocycles. The predicted molar refractivity (Wildman–Crippen MR) is 59.2 cm³/mol. The van der Waals surface area contributed by atoms with Gasteiger partial charge in [-0.25, -0.2) is 0 Å². The second kappa shape index (κ2) is 5.40. The summed E-state index contributed by atoms with van der Waals surface area (Å²) in [5.41, 5.74) is 0.536. The van der Waals surface area contributed by atoms with Crippen molar-refractivity contribution >= 4 is 0 Å². The molecule has 1 aromatic heterocycles. The van der Waals surface area contributed by atoms with E-state index in [1.165, 1.54) is 0 Å². The number of alkyl halides is 3. The third-order valence-corrected chi connectivity index (χ3v) is 2.47. The quantitative estimate of drug-likeness (QED) is 0.929. The minimum Gasteiger partial charge on any atom is -0.378 e. The summed E-state index contributed by atoms with van der Waals surface area (Å²) in [6.45, 7) is 0. The third-order valence-electron chi connectivity index (χ3n) is 2.47. The molecule has 0 bridgehead atoms. The number of benzene rings is 1. The molecular formula is C12H11F3N2O2. The van der Waals surface area contributed by atoms with Crippen LogP contribution in [0.2, 0.25) is 0 Å². The van der Waals surface area contributed by atoms with Crippen molar-refractivity contribution in [2.75, 3.05) is 0 Å². The van der Waals surface area contributed by atoms with Gasteiger partial charge in [-0.1, -0.05) is 35.5 Å². The molecule has 0 spiro atoms. The third kappa shape index (κ3) is 3.78. The Kier molecular flexibility index (Phi) is 3.84. The molecule has 0 saturated carbocycles. The maximum absolute atomic E-state index is 12.0. The number of hydrogen-bond donors (Lipinski definition) is 1. The maximum atomic E-state index is 12.0. The summed E-state index contributed by atoms with van der Waals surface area (Å²) in [5, 5.41) is 13.3. The maximum Gasteiger partial charge on any atom is 0.389 e. The number of aliphatic hydroxyl groups is 1. The molecule has 2 aromatic rings. The van der Waals surface area contributed by atoms with Crippen LogP contribution in [0.1, 0.15) is 29.8 Å². The Balaban J connectivity index is 2.05. The van der Waals surface area contributed by atoms with E-state index in [9.17, 15) is 18.3 Å². The van der Waals surface area contributed by atoms with Gasteiger partial charge in [-0.3, -0.25) is 0 Å². The highest BCUT2D eigenvalue weighted by molar-refractivity contribution is 5.21. The fraction of sp³-hybridized carbons (Fsp3) is 0.333. The van der Waals surface area contributed by atoms with Crippen molar-refractivity contribution in [2.45, 2.75) is 25.1 Å². The standard InChI is InChI=1S/C12H11F3N2O2/c13-12(14,15)7-6-9-16-11(19-17-9)10(18)8-4-2-1-3-5-8/h1-5,10,18H,6-7H2. The van der Waals surface area contributed by atoms with Crippen LogP contribution in [0.4, 0.5) is 13.2 Å². The zero-order valence-corrected chi connectivity index (χ0v) is 9.76. The SMILES string of the molecule is OC(c1ccccc1)c1nc(CCC(F)(F)F)no1. The van der Waals surface area contributed by atoms with E-state index in [0.717, 1.165) is 0 Å². The molecule has 0 aliphatic rings. The first-order valence-electron chi connectivity index (χ1n) is 5.58. The van der Waals surface area contributed by atoms with Gasteiger partial charge in [0, 0.05) is 6.42 Å². The predicted octanol–water partition coefficient (Wildman–Crippen LogP) is 2.65. The van der Waals surface area contributed by atoms with E-state index in [1.807, 2.05) is 0 Å². The number of aryl methyl sites for hydroxylation is 1. The van der Waals surface area contributed by atoms with Crippen LogP contribution < -0.4 is 0 Å². The Hall–Kier alpha value is -1.89. The summed E-state index contributed by atoms with van der Waals surface area (Å²) in [6, 6.07) is 8.53. The Bertz CT molecular complexity index is 525. The number of rotatable bonds is 4. The van der Waals surface area contributed by atoms with Crippen LogP contribution >= 0.6 is 0 Å². The van der Waals surface area contributed by atoms with E-state index in [-0.39, 0.29) is 18.1 Å². The number of halogens is 3. The molecule has 1 aromatic carbocycles. The van der Waals surface area contributed by atoms with Crippen molar-refractivity contribution in [1.82, 2.24) is 10.1 Å². The molecule has 0 amide bonds. The minimum atomic E-state index is -4.27. The summed E-state index contributed by atoms with van der Waals surface area (Å²) in [4.78, 5) is 3.76. The molecule has 1 atom stereocenters. The molecule has 19 heavy (non-hydrogen) atoms. The van der Waals surface area contributed by atoms with Crippen LogP contribution in [0.15, 0.2) is 34.9 Å². The van der Waals surface area contributed by atoms with Gasteiger partial charge in [0.1, 0.15) is 0 Å². The topological polar surface area (TPSA) is 59.2 Å². The number of aliphatic hydroxyl groups excluding tert-OH is 1. The van der Waals surface area contributed by atoms with E-state index in [4.69, 9.17) is 4.52 Å². The van der Waals surface area contributed by atoms with Crippen molar-refractivity contribution in [2.24, 2.45) is 0 Å². The van der Waals surface area contributed by atoms with Crippen LogP contribution in [0.3, 0.4) is 0 Å². The second-order valence-electron chi connectivity index (χ2n) is 3.98. The molecule has 1 heterocycles. The van der Waals surface area contributed by atoms with Gasteiger partial charge >= 0.3 is 6.18 Å². The van der Waals surface area contributed by atoms with Gasteiger partial charge < -0.3 is 9.63 Å². The molecule has 0 fully saturated rings. The highest BCUT2D eigenvalue weighted by atomic mass is 19.4. The van der Waals surface area contributed by atoms with E-state index < -0.39 is 18.7 Å². The van der Waals surface area contributed by atoms with Crippen molar-refractivity contribution < 1.29 is 22.8 Å². The molecule has 0 saturated heterocycles. The zero-order valence-electron chi connectivity index (χ0n) is 9.76. The van der Waals surface area contributed by atoms with Gasteiger partial charge in [0.05, 0.1) is 6.42 Å². The Labute approximate surface area is 106 Å². The van der Waals surface area contributed by atoms with Gasteiger partial charge in [0.25, 0.3) is 5.89 Å². The normalized spacial score (nSPS) is 13.5. The average molecular weight is 272 g/mol. The monoisotopic (exact) mass is 272 g/mol. The molecular weight excluding hydrogens is 261 g/mol. The molecule has 0 aliphatic carbocycles. The van der Waals surface area contributed by atoms with Crippen LogP contribution in [-0.2, 0) is 6.42 Å². The lowest BCUT2D eigenvalue weighted by molar-refractivity contribution is -0.134. The number of aromatic nitrogens is 2. The highest BCUT2D eigenvalue weighted by Gasteiger charge is 2.28. The summed E-state index contributed by atoms with van der Waals surface area (Å²) < 4.78 is 40.9. The second-order valence-corrected chi connectivity index (χ2v) is 3.98. The molecule has 4 nitrogen and oxygen atoms in total. The van der Waals surface area contributed by atoms with Crippen LogP contribution in [0.5, 0.6) is 0 Å².